The number of rotatable bonds is 3. The van der Waals surface area contributed by atoms with E-state index in [0.717, 1.165) is 36.8 Å². The maximum Gasteiger partial charge on any atom is 0.261 e. The Balaban J connectivity index is 1.57. The molecule has 3 heterocycles. The zero-order valence-corrected chi connectivity index (χ0v) is 15.7. The lowest BCUT2D eigenvalue weighted by Gasteiger charge is -2.38. The standard InChI is InChI=1S/C19H30N4O2/c1-14-11-15(2)20-18(24)17(14)19(25)23-9-7-22(8-10-23)13-16-5-4-6-21(3)12-16/h11,16H,4-10,12-13H2,1-3H3,(H,20,24)/t16-/m1/s1. The third-order valence-corrected chi connectivity index (χ3v) is 5.48. The number of carbonyl (C=O) groups is 1. The summed E-state index contributed by atoms with van der Waals surface area (Å²) in [5.74, 6) is 0.610. The molecule has 25 heavy (non-hydrogen) atoms. The minimum atomic E-state index is -0.268. The molecule has 1 amide bonds. The lowest BCUT2D eigenvalue weighted by Crippen LogP contribution is -2.51. The first-order valence-electron chi connectivity index (χ1n) is 9.34. The first-order chi connectivity index (χ1) is 11.9. The number of aryl methyl sites for hydroxylation is 2. The van der Waals surface area contributed by atoms with Gasteiger partial charge in [-0.3, -0.25) is 14.5 Å². The number of piperazine rings is 1. The number of amides is 1. The Hall–Kier alpha value is -1.66. The van der Waals surface area contributed by atoms with Gasteiger partial charge in [-0.2, -0.15) is 0 Å². The number of H-pyrrole nitrogens is 1. The molecule has 0 saturated carbocycles. The summed E-state index contributed by atoms with van der Waals surface area (Å²) in [6.45, 7) is 10.4. The van der Waals surface area contributed by atoms with Crippen molar-refractivity contribution in [3.05, 3.63) is 33.2 Å². The average Bonchev–Trinajstić information content (AvgIpc) is 2.54. The predicted octanol–water partition coefficient (Wildman–Crippen LogP) is 1.09. The van der Waals surface area contributed by atoms with Crippen molar-refractivity contribution in [1.29, 1.82) is 0 Å². The second-order valence-electron chi connectivity index (χ2n) is 7.70. The van der Waals surface area contributed by atoms with E-state index < -0.39 is 0 Å². The summed E-state index contributed by atoms with van der Waals surface area (Å²) in [6, 6.07) is 1.87. The van der Waals surface area contributed by atoms with Gasteiger partial charge in [-0.15, -0.1) is 0 Å². The molecule has 2 aliphatic heterocycles. The molecule has 1 atom stereocenters. The molecule has 0 aromatic carbocycles. The fourth-order valence-corrected chi connectivity index (χ4v) is 4.20. The highest BCUT2D eigenvalue weighted by Crippen LogP contribution is 2.18. The van der Waals surface area contributed by atoms with Crippen LogP contribution in [-0.4, -0.2) is 78.5 Å². The van der Waals surface area contributed by atoms with Crippen molar-refractivity contribution in [2.24, 2.45) is 5.92 Å². The van der Waals surface area contributed by atoms with Crippen molar-refractivity contribution >= 4 is 5.91 Å². The second-order valence-corrected chi connectivity index (χ2v) is 7.70. The van der Waals surface area contributed by atoms with Crippen LogP contribution in [0.1, 0.15) is 34.5 Å². The van der Waals surface area contributed by atoms with Gasteiger partial charge in [-0.05, 0) is 57.8 Å². The lowest BCUT2D eigenvalue weighted by molar-refractivity contribution is 0.0586. The molecule has 0 bridgehead atoms. The maximum absolute atomic E-state index is 12.8. The molecule has 1 N–H and O–H groups in total. The zero-order chi connectivity index (χ0) is 18.0. The molecule has 2 saturated heterocycles. The smallest absolute Gasteiger partial charge is 0.261 e. The van der Waals surface area contributed by atoms with Crippen molar-refractivity contribution in [1.82, 2.24) is 19.7 Å². The molecule has 6 heteroatoms. The van der Waals surface area contributed by atoms with Gasteiger partial charge >= 0.3 is 0 Å². The van der Waals surface area contributed by atoms with Gasteiger partial charge in [0, 0.05) is 45.0 Å². The van der Waals surface area contributed by atoms with E-state index >= 15 is 0 Å². The second kappa shape index (κ2) is 7.70. The molecular formula is C19H30N4O2. The quantitative estimate of drug-likeness (QED) is 0.890. The van der Waals surface area contributed by atoms with Crippen LogP contribution in [0.15, 0.2) is 10.9 Å². The van der Waals surface area contributed by atoms with Crippen LogP contribution in [0.3, 0.4) is 0 Å². The van der Waals surface area contributed by atoms with Gasteiger partial charge < -0.3 is 14.8 Å². The summed E-state index contributed by atoms with van der Waals surface area (Å²) < 4.78 is 0. The number of hydrogen-bond acceptors (Lipinski definition) is 4. The Morgan fingerprint density at radius 3 is 2.56 bits per heavy atom. The molecule has 0 spiro atoms. The van der Waals surface area contributed by atoms with E-state index in [4.69, 9.17) is 0 Å². The van der Waals surface area contributed by atoms with Crippen LogP contribution < -0.4 is 5.56 Å². The Labute approximate surface area is 149 Å². The minimum Gasteiger partial charge on any atom is -0.336 e. The number of aromatic amines is 1. The van der Waals surface area contributed by atoms with Crippen LogP contribution in [-0.2, 0) is 0 Å². The highest BCUT2D eigenvalue weighted by molar-refractivity contribution is 5.95. The molecule has 0 aliphatic carbocycles. The molecule has 2 fully saturated rings. The molecule has 3 rings (SSSR count). The van der Waals surface area contributed by atoms with E-state index in [1.807, 2.05) is 24.8 Å². The van der Waals surface area contributed by atoms with Crippen molar-refractivity contribution in [2.45, 2.75) is 26.7 Å². The van der Waals surface area contributed by atoms with Gasteiger partial charge in [0.15, 0.2) is 0 Å². The van der Waals surface area contributed by atoms with Crippen LogP contribution in [0.5, 0.6) is 0 Å². The van der Waals surface area contributed by atoms with E-state index in [-0.39, 0.29) is 11.5 Å². The molecule has 0 unspecified atom stereocenters. The Morgan fingerprint density at radius 1 is 1.20 bits per heavy atom. The van der Waals surface area contributed by atoms with E-state index in [1.165, 1.54) is 25.9 Å². The number of hydrogen-bond donors (Lipinski definition) is 1. The van der Waals surface area contributed by atoms with Gasteiger partial charge in [0.05, 0.1) is 0 Å². The zero-order valence-electron chi connectivity index (χ0n) is 15.7. The SMILES string of the molecule is Cc1cc(C)c(C(=O)N2CCN(C[C@@H]3CCCN(C)C3)CC2)c(=O)[nH]1. The summed E-state index contributed by atoms with van der Waals surface area (Å²) >= 11 is 0. The van der Waals surface area contributed by atoms with Crippen molar-refractivity contribution in [2.75, 3.05) is 52.9 Å². The molecule has 6 nitrogen and oxygen atoms in total. The predicted molar refractivity (Wildman–Crippen MR) is 99.1 cm³/mol. The van der Waals surface area contributed by atoms with Crippen LogP contribution in [0.4, 0.5) is 0 Å². The normalized spacial score (nSPS) is 23.0. The molecule has 138 valence electrons. The van der Waals surface area contributed by atoms with Crippen molar-refractivity contribution in [3.63, 3.8) is 0 Å². The fourth-order valence-electron chi connectivity index (χ4n) is 4.20. The van der Waals surface area contributed by atoms with E-state index in [0.29, 0.717) is 18.7 Å². The van der Waals surface area contributed by atoms with E-state index in [2.05, 4.69) is 21.8 Å². The van der Waals surface area contributed by atoms with Gasteiger partial charge in [-0.25, -0.2) is 0 Å². The Bertz CT molecular complexity index is 676. The van der Waals surface area contributed by atoms with Gasteiger partial charge in [0.2, 0.25) is 0 Å². The third kappa shape index (κ3) is 4.30. The number of piperidine rings is 1. The first-order valence-corrected chi connectivity index (χ1v) is 9.34. The number of nitrogens with one attached hydrogen (secondary N) is 1. The van der Waals surface area contributed by atoms with Crippen LogP contribution in [0.25, 0.3) is 0 Å². The Morgan fingerprint density at radius 2 is 1.92 bits per heavy atom. The number of aromatic nitrogens is 1. The molecular weight excluding hydrogens is 316 g/mol. The van der Waals surface area contributed by atoms with E-state index in [9.17, 15) is 9.59 Å². The average molecular weight is 346 g/mol. The van der Waals surface area contributed by atoms with Crippen LogP contribution in [0, 0.1) is 19.8 Å². The first kappa shape index (κ1) is 18.1. The monoisotopic (exact) mass is 346 g/mol. The molecule has 1 aromatic heterocycles. The number of pyridine rings is 1. The van der Waals surface area contributed by atoms with E-state index in [1.54, 1.807) is 0 Å². The summed E-state index contributed by atoms with van der Waals surface area (Å²) in [6.07, 6.45) is 2.59. The largest absolute Gasteiger partial charge is 0.336 e. The van der Waals surface area contributed by atoms with Gasteiger partial charge in [0.25, 0.3) is 11.5 Å². The summed E-state index contributed by atoms with van der Waals surface area (Å²) in [5.41, 5.74) is 1.59. The van der Waals surface area contributed by atoms with Crippen molar-refractivity contribution < 1.29 is 4.79 Å². The minimum absolute atomic E-state index is 0.129. The molecule has 0 radical (unpaired) electrons. The highest BCUT2D eigenvalue weighted by Gasteiger charge is 2.27. The summed E-state index contributed by atoms with van der Waals surface area (Å²) in [7, 11) is 2.20. The fraction of sp³-hybridized carbons (Fsp3) is 0.684. The molecule has 2 aliphatic rings. The summed E-state index contributed by atoms with van der Waals surface area (Å²) in [4.78, 5) is 34.4. The number of nitrogens with zero attached hydrogens (tertiary/aromatic N) is 3. The highest BCUT2D eigenvalue weighted by atomic mass is 16.2. The topological polar surface area (TPSA) is 59.7 Å². The number of likely N-dealkylation sites (tertiary alicyclic amines) is 1. The van der Waals surface area contributed by atoms with Gasteiger partial charge in [0.1, 0.15) is 5.56 Å². The Kier molecular flexibility index (Phi) is 5.59. The summed E-state index contributed by atoms with van der Waals surface area (Å²) in [5, 5.41) is 0. The molecule has 1 aromatic rings. The maximum atomic E-state index is 12.8. The third-order valence-electron chi connectivity index (χ3n) is 5.48. The van der Waals surface area contributed by atoms with Crippen molar-refractivity contribution in [3.8, 4) is 0 Å². The van der Waals surface area contributed by atoms with Crippen LogP contribution >= 0.6 is 0 Å². The van der Waals surface area contributed by atoms with Crippen LogP contribution in [0.2, 0.25) is 0 Å². The van der Waals surface area contributed by atoms with Gasteiger partial charge in [-0.1, -0.05) is 0 Å². The lowest BCUT2D eigenvalue weighted by atomic mass is 9.97. The number of carbonyl (C=O) groups excluding carboxylic acids is 1.